The summed E-state index contributed by atoms with van der Waals surface area (Å²) in [5.74, 6) is 0.677. The van der Waals surface area contributed by atoms with E-state index in [9.17, 15) is 13.2 Å². The largest absolute Gasteiger partial charge is 0.434 e. The first kappa shape index (κ1) is 24.2. The number of likely N-dealkylation sites (tertiary alicyclic amines) is 1. The fraction of sp³-hybridized carbons (Fsp3) is 0.647. The molecule has 1 aliphatic heterocycles. The number of halogens is 4. The van der Waals surface area contributed by atoms with Crippen LogP contribution in [0.3, 0.4) is 0 Å². The molecule has 0 saturated carbocycles. The van der Waals surface area contributed by atoms with Crippen molar-refractivity contribution in [3.8, 4) is 0 Å². The Bertz CT molecular complexity index is 624. The summed E-state index contributed by atoms with van der Waals surface area (Å²) in [5.41, 5.74) is 0.353. The number of aromatic nitrogens is 1. The number of aliphatic imine (C=N–C) groups is 1. The van der Waals surface area contributed by atoms with E-state index in [0.717, 1.165) is 49.2 Å². The summed E-state index contributed by atoms with van der Waals surface area (Å²) < 4.78 is 37.7. The molecule has 0 aliphatic carbocycles. The van der Waals surface area contributed by atoms with Gasteiger partial charge in [0.05, 0.1) is 5.01 Å². The third-order valence-electron chi connectivity index (χ3n) is 4.12. The molecular weight excluding hydrogens is 490 g/mol. The molecule has 0 amide bonds. The lowest BCUT2D eigenvalue weighted by Gasteiger charge is -2.33. The number of thiazole rings is 1. The first-order chi connectivity index (χ1) is 12.3. The fourth-order valence-electron chi connectivity index (χ4n) is 2.85. The quantitative estimate of drug-likeness (QED) is 0.263. The molecule has 0 bridgehead atoms. The molecule has 1 fully saturated rings. The van der Waals surface area contributed by atoms with Crippen LogP contribution in [0, 0.1) is 0 Å². The number of rotatable bonds is 6. The topological polar surface area (TPSA) is 52.5 Å². The van der Waals surface area contributed by atoms with Crippen LogP contribution >= 0.6 is 35.3 Å². The molecule has 2 N–H and O–H groups in total. The van der Waals surface area contributed by atoms with Crippen molar-refractivity contribution < 1.29 is 13.2 Å². The van der Waals surface area contributed by atoms with E-state index in [1.165, 1.54) is 5.57 Å². The summed E-state index contributed by atoms with van der Waals surface area (Å²) >= 11 is 1.03. The van der Waals surface area contributed by atoms with Crippen molar-refractivity contribution in [3.63, 3.8) is 0 Å². The molecule has 1 aliphatic rings. The Morgan fingerprint density at radius 2 is 2.07 bits per heavy atom. The van der Waals surface area contributed by atoms with Crippen molar-refractivity contribution in [3.05, 3.63) is 28.2 Å². The van der Waals surface area contributed by atoms with Gasteiger partial charge in [0.15, 0.2) is 11.7 Å². The molecule has 0 spiro atoms. The van der Waals surface area contributed by atoms with E-state index in [1.54, 1.807) is 7.05 Å². The van der Waals surface area contributed by atoms with Gasteiger partial charge in [0.2, 0.25) is 0 Å². The number of guanidine groups is 1. The van der Waals surface area contributed by atoms with Crippen LogP contribution in [-0.4, -0.2) is 55.1 Å². The summed E-state index contributed by atoms with van der Waals surface area (Å²) in [6.07, 6.45) is -1.90. The van der Waals surface area contributed by atoms with Crippen LogP contribution < -0.4 is 10.6 Å². The standard InChI is InChI=1S/C17H26F3N5S.HI/c1-12(2)10-25-8-5-13(6-9-25)23-16(21-3)22-7-4-15-24-14(11-26-15)17(18,19)20;/h11,13H,1,4-10H2,2-3H3,(H2,21,22,23);1H. The highest BCUT2D eigenvalue weighted by atomic mass is 127. The second kappa shape index (κ2) is 11.2. The average Bonchev–Trinajstić information content (AvgIpc) is 3.04. The predicted octanol–water partition coefficient (Wildman–Crippen LogP) is 3.53. The second-order valence-electron chi connectivity index (χ2n) is 6.53. The van der Waals surface area contributed by atoms with E-state index in [-0.39, 0.29) is 24.0 Å². The molecular formula is C17H27F3IN5S. The molecule has 1 aromatic heterocycles. The van der Waals surface area contributed by atoms with Crippen LogP contribution in [0.5, 0.6) is 0 Å². The zero-order valence-corrected chi connectivity index (χ0v) is 18.8. The molecule has 27 heavy (non-hydrogen) atoms. The Balaban J connectivity index is 0.00000364. The Morgan fingerprint density at radius 3 is 2.59 bits per heavy atom. The summed E-state index contributed by atoms with van der Waals surface area (Å²) in [5, 5.41) is 8.06. The van der Waals surface area contributed by atoms with Gasteiger partial charge in [-0.15, -0.1) is 35.3 Å². The van der Waals surface area contributed by atoms with Crippen LogP contribution in [0.2, 0.25) is 0 Å². The SMILES string of the molecule is C=C(C)CN1CCC(NC(=NC)NCCc2nc(C(F)(F)F)cs2)CC1.I. The molecule has 0 unspecified atom stereocenters. The molecule has 10 heteroatoms. The maximum Gasteiger partial charge on any atom is 0.434 e. The molecule has 0 radical (unpaired) electrons. The number of piperidine rings is 1. The fourth-order valence-corrected chi connectivity index (χ4v) is 3.65. The lowest BCUT2D eigenvalue weighted by Crippen LogP contribution is -2.49. The third kappa shape index (κ3) is 8.34. The minimum atomic E-state index is -4.38. The Morgan fingerprint density at radius 1 is 1.41 bits per heavy atom. The smallest absolute Gasteiger partial charge is 0.356 e. The van der Waals surface area contributed by atoms with Crippen LogP contribution in [0.4, 0.5) is 13.2 Å². The molecule has 154 valence electrons. The highest BCUT2D eigenvalue weighted by molar-refractivity contribution is 14.0. The van der Waals surface area contributed by atoms with E-state index in [0.29, 0.717) is 30.0 Å². The van der Waals surface area contributed by atoms with Gasteiger partial charge >= 0.3 is 6.18 Å². The molecule has 0 aromatic carbocycles. The third-order valence-corrected chi connectivity index (χ3v) is 5.03. The van der Waals surface area contributed by atoms with Crippen LogP contribution in [-0.2, 0) is 12.6 Å². The van der Waals surface area contributed by atoms with E-state index >= 15 is 0 Å². The van der Waals surface area contributed by atoms with Gasteiger partial charge in [-0.05, 0) is 19.8 Å². The van der Waals surface area contributed by atoms with Gasteiger partial charge in [-0.3, -0.25) is 9.89 Å². The van der Waals surface area contributed by atoms with Crippen molar-refractivity contribution in [2.45, 2.75) is 38.4 Å². The van der Waals surface area contributed by atoms with Gasteiger partial charge in [-0.2, -0.15) is 13.2 Å². The number of alkyl halides is 3. The summed E-state index contributed by atoms with van der Waals surface area (Å²) in [7, 11) is 1.69. The predicted molar refractivity (Wildman–Crippen MR) is 115 cm³/mol. The minimum absolute atomic E-state index is 0. The maximum atomic E-state index is 12.6. The van der Waals surface area contributed by atoms with E-state index < -0.39 is 11.9 Å². The molecule has 1 aromatic rings. The Labute approximate surface area is 179 Å². The zero-order valence-electron chi connectivity index (χ0n) is 15.6. The van der Waals surface area contributed by atoms with Gasteiger partial charge in [0, 0.05) is 51.1 Å². The van der Waals surface area contributed by atoms with E-state index in [4.69, 9.17) is 0 Å². The summed E-state index contributed by atoms with van der Waals surface area (Å²) in [6, 6.07) is 0.347. The molecule has 2 rings (SSSR count). The van der Waals surface area contributed by atoms with Gasteiger partial charge in [-0.25, -0.2) is 4.98 Å². The lowest BCUT2D eigenvalue weighted by atomic mass is 10.0. The van der Waals surface area contributed by atoms with Gasteiger partial charge in [0.1, 0.15) is 0 Å². The lowest BCUT2D eigenvalue weighted by molar-refractivity contribution is -0.140. The van der Waals surface area contributed by atoms with Crippen LogP contribution in [0.25, 0.3) is 0 Å². The van der Waals surface area contributed by atoms with E-state index in [1.807, 2.05) is 6.92 Å². The molecule has 1 saturated heterocycles. The normalized spacial score (nSPS) is 16.7. The van der Waals surface area contributed by atoms with Crippen LogP contribution in [0.1, 0.15) is 30.5 Å². The van der Waals surface area contributed by atoms with Crippen molar-refractivity contribution in [2.75, 3.05) is 33.2 Å². The van der Waals surface area contributed by atoms with Gasteiger partial charge in [0.25, 0.3) is 0 Å². The molecule has 5 nitrogen and oxygen atoms in total. The molecule has 2 heterocycles. The van der Waals surface area contributed by atoms with Crippen molar-refractivity contribution >= 4 is 41.3 Å². The first-order valence-electron chi connectivity index (χ1n) is 8.63. The maximum absolute atomic E-state index is 12.6. The Hall–Kier alpha value is -0.880. The highest BCUT2D eigenvalue weighted by Gasteiger charge is 2.33. The van der Waals surface area contributed by atoms with Crippen molar-refractivity contribution in [1.82, 2.24) is 20.5 Å². The van der Waals surface area contributed by atoms with Gasteiger partial charge in [-0.1, -0.05) is 12.2 Å². The molecule has 0 atom stereocenters. The van der Waals surface area contributed by atoms with E-state index in [2.05, 4.69) is 32.1 Å². The minimum Gasteiger partial charge on any atom is -0.356 e. The average molecular weight is 517 g/mol. The monoisotopic (exact) mass is 517 g/mol. The van der Waals surface area contributed by atoms with Gasteiger partial charge < -0.3 is 10.6 Å². The zero-order chi connectivity index (χ0) is 19.2. The number of nitrogens with one attached hydrogen (secondary N) is 2. The summed E-state index contributed by atoms with van der Waals surface area (Å²) in [6.45, 7) is 9.44. The number of hydrogen-bond donors (Lipinski definition) is 2. The first-order valence-corrected chi connectivity index (χ1v) is 9.51. The second-order valence-corrected chi connectivity index (χ2v) is 7.47. The van der Waals surface area contributed by atoms with Crippen molar-refractivity contribution in [2.24, 2.45) is 4.99 Å². The van der Waals surface area contributed by atoms with Crippen molar-refractivity contribution in [1.29, 1.82) is 0 Å². The Kier molecular flexibility index (Phi) is 10.0. The number of nitrogens with zero attached hydrogens (tertiary/aromatic N) is 3. The number of hydrogen-bond acceptors (Lipinski definition) is 4. The summed E-state index contributed by atoms with van der Waals surface area (Å²) in [4.78, 5) is 10.2. The highest BCUT2D eigenvalue weighted by Crippen LogP contribution is 2.29. The van der Waals surface area contributed by atoms with Crippen LogP contribution in [0.15, 0.2) is 22.5 Å².